The van der Waals surface area contributed by atoms with E-state index in [9.17, 15) is 0 Å². The van der Waals surface area contributed by atoms with E-state index in [1.54, 1.807) is 0 Å². The van der Waals surface area contributed by atoms with Gasteiger partial charge < -0.3 is 10.2 Å². The van der Waals surface area contributed by atoms with Crippen molar-refractivity contribution in [1.29, 1.82) is 0 Å². The number of likely N-dealkylation sites (N-methyl/N-ethyl adjacent to an activating group) is 1. The molecule has 94 valence electrons. The van der Waals surface area contributed by atoms with Gasteiger partial charge in [-0.25, -0.2) is 0 Å². The molecule has 3 nitrogen and oxygen atoms in total. The number of hydrogen-bond donors (Lipinski definition) is 1. The van der Waals surface area contributed by atoms with Crippen LogP contribution < -0.4 is 5.32 Å². The first kappa shape index (κ1) is 14.6. The van der Waals surface area contributed by atoms with E-state index >= 15 is 0 Å². The summed E-state index contributed by atoms with van der Waals surface area (Å²) in [7, 11) is 2.07. The summed E-state index contributed by atoms with van der Waals surface area (Å²) < 4.78 is 0. The molecule has 17 heavy (non-hydrogen) atoms. The van der Waals surface area contributed by atoms with Gasteiger partial charge in [-0.3, -0.25) is 4.99 Å². The minimum Gasteiger partial charge on any atom is -0.355 e. The molecule has 0 saturated heterocycles. The smallest absolute Gasteiger partial charge is 0.193 e. The van der Waals surface area contributed by atoms with Gasteiger partial charge in [-0.15, -0.1) is 35.7 Å². The molecule has 1 N–H and O–H groups in total. The molecule has 0 saturated carbocycles. The third-order valence-corrected chi connectivity index (χ3v) is 3.47. The summed E-state index contributed by atoms with van der Waals surface area (Å²) in [5.41, 5.74) is 0. The molecule has 2 rings (SSSR count). The lowest BCUT2D eigenvalue weighted by molar-refractivity contribution is 0.537. The highest BCUT2D eigenvalue weighted by Crippen LogP contribution is 2.15. The van der Waals surface area contributed by atoms with Crippen molar-refractivity contribution in [3.05, 3.63) is 30.3 Å². The predicted molar refractivity (Wildman–Crippen MR) is 85.5 cm³/mol. The number of nitrogens with zero attached hydrogens (tertiary/aromatic N) is 2. The molecule has 5 heteroatoms. The first-order valence-electron chi connectivity index (χ1n) is 5.53. The lowest BCUT2D eigenvalue weighted by Crippen LogP contribution is -2.36. The molecule has 1 aromatic rings. The Hall–Kier alpha value is -0.430. The SMILES string of the molecule is CN1CCN=C1NCCSc1ccccc1.I. The third-order valence-electron chi connectivity index (χ3n) is 2.46. The Kier molecular flexibility index (Phi) is 6.72. The minimum absolute atomic E-state index is 0. The number of hydrogen-bond acceptors (Lipinski definition) is 4. The van der Waals surface area contributed by atoms with Gasteiger partial charge in [-0.2, -0.15) is 0 Å². The summed E-state index contributed by atoms with van der Waals surface area (Å²) in [5, 5.41) is 3.36. The quantitative estimate of drug-likeness (QED) is 0.505. The van der Waals surface area contributed by atoms with Crippen LogP contribution in [0.5, 0.6) is 0 Å². The molecule has 0 bridgehead atoms. The highest BCUT2D eigenvalue weighted by atomic mass is 127. The molecule has 0 aromatic heterocycles. The van der Waals surface area contributed by atoms with Crippen LogP contribution in [0.2, 0.25) is 0 Å². The number of guanidine groups is 1. The third kappa shape index (κ3) is 4.75. The van der Waals surface area contributed by atoms with Crippen molar-refractivity contribution in [1.82, 2.24) is 10.2 Å². The standard InChI is InChI=1S/C12H17N3S.HI/c1-15-9-7-13-12(15)14-8-10-16-11-5-3-2-4-6-11;/h2-6H,7-10H2,1H3,(H,13,14);1H. The van der Waals surface area contributed by atoms with Crippen LogP contribution in [0.3, 0.4) is 0 Å². The Morgan fingerprint density at radius 1 is 1.35 bits per heavy atom. The van der Waals surface area contributed by atoms with Crippen LogP contribution in [0.15, 0.2) is 40.2 Å². The largest absolute Gasteiger partial charge is 0.355 e. The van der Waals surface area contributed by atoms with Gasteiger partial charge in [0.05, 0.1) is 6.54 Å². The Morgan fingerprint density at radius 3 is 2.76 bits per heavy atom. The number of nitrogens with one attached hydrogen (secondary N) is 1. The van der Waals surface area contributed by atoms with Crippen molar-refractivity contribution in [2.75, 3.05) is 32.4 Å². The van der Waals surface area contributed by atoms with Crippen LogP contribution in [0, 0.1) is 0 Å². The van der Waals surface area contributed by atoms with Crippen LogP contribution in [0.1, 0.15) is 0 Å². The van der Waals surface area contributed by atoms with E-state index in [2.05, 4.69) is 46.5 Å². The topological polar surface area (TPSA) is 27.6 Å². The summed E-state index contributed by atoms with van der Waals surface area (Å²) in [4.78, 5) is 7.87. The molecule has 0 aliphatic carbocycles. The summed E-state index contributed by atoms with van der Waals surface area (Å²) in [6.45, 7) is 2.92. The van der Waals surface area contributed by atoms with E-state index in [-0.39, 0.29) is 24.0 Å². The molecule has 1 aromatic carbocycles. The van der Waals surface area contributed by atoms with Gasteiger partial charge in [0.25, 0.3) is 0 Å². The average molecular weight is 363 g/mol. The maximum absolute atomic E-state index is 4.38. The molecule has 1 aliphatic rings. The fourth-order valence-corrected chi connectivity index (χ4v) is 2.36. The van der Waals surface area contributed by atoms with Crippen molar-refractivity contribution in [2.45, 2.75) is 4.90 Å². The van der Waals surface area contributed by atoms with Crippen LogP contribution >= 0.6 is 35.7 Å². The monoisotopic (exact) mass is 363 g/mol. The summed E-state index contributed by atoms with van der Waals surface area (Å²) >= 11 is 1.87. The van der Waals surface area contributed by atoms with Crippen molar-refractivity contribution in [3.63, 3.8) is 0 Å². The maximum Gasteiger partial charge on any atom is 0.193 e. The van der Waals surface area contributed by atoms with Gasteiger partial charge in [-0.05, 0) is 12.1 Å². The number of halogens is 1. The fourth-order valence-electron chi connectivity index (χ4n) is 1.57. The molecule has 0 amide bonds. The highest BCUT2D eigenvalue weighted by Gasteiger charge is 2.10. The zero-order valence-corrected chi connectivity index (χ0v) is 13.1. The van der Waals surface area contributed by atoms with Gasteiger partial charge >= 0.3 is 0 Å². The van der Waals surface area contributed by atoms with Crippen molar-refractivity contribution < 1.29 is 0 Å². The van der Waals surface area contributed by atoms with Crippen LogP contribution in [0.4, 0.5) is 0 Å². The molecule has 0 atom stereocenters. The van der Waals surface area contributed by atoms with Gasteiger partial charge in [-0.1, -0.05) is 18.2 Å². The Labute approximate surface area is 124 Å². The van der Waals surface area contributed by atoms with E-state index in [1.165, 1.54) is 4.90 Å². The zero-order valence-electron chi connectivity index (χ0n) is 9.93. The van der Waals surface area contributed by atoms with Crippen molar-refractivity contribution in [3.8, 4) is 0 Å². The lowest BCUT2D eigenvalue weighted by Gasteiger charge is -2.14. The van der Waals surface area contributed by atoms with Crippen LogP contribution in [-0.2, 0) is 0 Å². The Morgan fingerprint density at radius 2 is 2.12 bits per heavy atom. The molecule has 0 unspecified atom stereocenters. The second kappa shape index (κ2) is 7.81. The first-order chi connectivity index (χ1) is 7.86. The fraction of sp³-hybridized carbons (Fsp3) is 0.417. The molecule has 0 radical (unpaired) electrons. The van der Waals surface area contributed by atoms with Gasteiger partial charge in [0.2, 0.25) is 0 Å². The van der Waals surface area contributed by atoms with Gasteiger partial charge in [0.15, 0.2) is 5.96 Å². The van der Waals surface area contributed by atoms with E-state index in [4.69, 9.17) is 0 Å². The first-order valence-corrected chi connectivity index (χ1v) is 6.52. The zero-order chi connectivity index (χ0) is 11.2. The van der Waals surface area contributed by atoms with Crippen LogP contribution in [0.25, 0.3) is 0 Å². The van der Waals surface area contributed by atoms with Crippen molar-refractivity contribution in [2.24, 2.45) is 4.99 Å². The molecular formula is C12H18IN3S. The van der Waals surface area contributed by atoms with Gasteiger partial charge in [0.1, 0.15) is 0 Å². The molecular weight excluding hydrogens is 345 g/mol. The van der Waals surface area contributed by atoms with E-state index in [1.807, 2.05) is 17.8 Å². The predicted octanol–water partition coefficient (Wildman–Crippen LogP) is 2.29. The molecule has 0 spiro atoms. The summed E-state index contributed by atoms with van der Waals surface area (Å²) in [6, 6.07) is 10.5. The second-order valence-corrected chi connectivity index (χ2v) is 4.88. The second-order valence-electron chi connectivity index (χ2n) is 3.72. The van der Waals surface area contributed by atoms with Crippen molar-refractivity contribution >= 4 is 41.7 Å². The summed E-state index contributed by atoms with van der Waals surface area (Å²) in [6.07, 6.45) is 0. The molecule has 1 aliphatic heterocycles. The maximum atomic E-state index is 4.38. The average Bonchev–Trinajstić information content (AvgIpc) is 2.72. The summed E-state index contributed by atoms with van der Waals surface area (Å²) in [5.74, 6) is 2.10. The molecule has 1 heterocycles. The van der Waals surface area contributed by atoms with Gasteiger partial charge in [0, 0.05) is 30.8 Å². The normalized spacial score (nSPS) is 14.2. The Bertz CT molecular complexity index is 356. The van der Waals surface area contributed by atoms with E-state index in [0.717, 1.165) is 31.3 Å². The highest BCUT2D eigenvalue weighted by molar-refractivity contribution is 14.0. The van der Waals surface area contributed by atoms with E-state index in [0.29, 0.717) is 0 Å². The Balaban J connectivity index is 0.00000144. The van der Waals surface area contributed by atoms with E-state index < -0.39 is 0 Å². The number of thioether (sulfide) groups is 1. The number of benzene rings is 1. The number of rotatable bonds is 4. The number of aliphatic imine (C=N–C) groups is 1. The minimum atomic E-state index is 0. The molecule has 0 fully saturated rings. The van der Waals surface area contributed by atoms with Crippen LogP contribution in [-0.4, -0.2) is 43.3 Å². The lowest BCUT2D eigenvalue weighted by atomic mass is 10.4.